The van der Waals surface area contributed by atoms with Gasteiger partial charge in [-0.15, -0.1) is 0 Å². The van der Waals surface area contributed by atoms with Crippen molar-refractivity contribution in [1.82, 2.24) is 14.9 Å². The number of halogens is 1. The SMILES string of the molecule is COCc1nc(C2CN3CCCC3CO2)nc(N)c1I. The van der Waals surface area contributed by atoms with Crippen molar-refractivity contribution in [1.29, 1.82) is 0 Å². The van der Waals surface area contributed by atoms with Gasteiger partial charge in [0, 0.05) is 19.7 Å². The largest absolute Gasteiger partial charge is 0.383 e. The molecule has 20 heavy (non-hydrogen) atoms. The van der Waals surface area contributed by atoms with Gasteiger partial charge in [-0.25, -0.2) is 9.97 Å². The summed E-state index contributed by atoms with van der Waals surface area (Å²) >= 11 is 2.16. The summed E-state index contributed by atoms with van der Waals surface area (Å²) in [6, 6.07) is 0.575. The van der Waals surface area contributed by atoms with Gasteiger partial charge in [-0.05, 0) is 42.0 Å². The van der Waals surface area contributed by atoms with Crippen molar-refractivity contribution in [2.24, 2.45) is 0 Å². The van der Waals surface area contributed by atoms with Crippen molar-refractivity contribution < 1.29 is 9.47 Å². The second-order valence-corrected chi connectivity index (χ2v) is 6.35. The van der Waals surface area contributed by atoms with Crippen LogP contribution in [0.15, 0.2) is 0 Å². The normalized spacial score (nSPS) is 26.7. The van der Waals surface area contributed by atoms with Crippen molar-refractivity contribution in [3.8, 4) is 0 Å². The van der Waals surface area contributed by atoms with Crippen LogP contribution in [0.3, 0.4) is 0 Å². The Bertz CT molecular complexity index is 500. The molecule has 0 saturated carbocycles. The molecule has 0 aliphatic carbocycles. The van der Waals surface area contributed by atoms with E-state index in [0.717, 1.165) is 29.0 Å². The Morgan fingerprint density at radius 3 is 3.15 bits per heavy atom. The number of fused-ring (bicyclic) bond motifs is 1. The highest BCUT2D eigenvalue weighted by Gasteiger charge is 2.34. The second kappa shape index (κ2) is 6.08. The molecule has 0 bridgehead atoms. The lowest BCUT2D eigenvalue weighted by Crippen LogP contribution is -2.43. The van der Waals surface area contributed by atoms with E-state index in [4.69, 9.17) is 15.2 Å². The third-order valence-electron chi connectivity index (χ3n) is 3.92. The van der Waals surface area contributed by atoms with Crippen LogP contribution in [0.2, 0.25) is 0 Å². The molecule has 1 aromatic rings. The van der Waals surface area contributed by atoms with Crippen LogP contribution in [0, 0.1) is 3.57 Å². The Hall–Kier alpha value is -0.510. The first kappa shape index (κ1) is 14.4. The molecule has 0 radical (unpaired) electrons. The first-order valence-electron chi connectivity index (χ1n) is 6.85. The van der Waals surface area contributed by atoms with E-state index < -0.39 is 0 Å². The molecule has 0 spiro atoms. The lowest BCUT2D eigenvalue weighted by Gasteiger charge is -2.34. The lowest BCUT2D eigenvalue weighted by atomic mass is 10.2. The van der Waals surface area contributed by atoms with Crippen molar-refractivity contribution in [3.63, 3.8) is 0 Å². The van der Waals surface area contributed by atoms with E-state index in [1.165, 1.54) is 12.8 Å². The number of nitrogens with two attached hydrogens (primary N) is 1. The molecule has 3 heterocycles. The molecule has 2 N–H and O–H groups in total. The molecular formula is C13H19IN4O2. The molecule has 2 unspecified atom stereocenters. The van der Waals surface area contributed by atoms with Crippen LogP contribution in [0.5, 0.6) is 0 Å². The number of nitrogen functional groups attached to an aromatic ring is 1. The topological polar surface area (TPSA) is 73.5 Å². The summed E-state index contributed by atoms with van der Waals surface area (Å²) in [4.78, 5) is 11.5. The quantitative estimate of drug-likeness (QED) is 0.786. The Balaban J connectivity index is 1.82. The van der Waals surface area contributed by atoms with Gasteiger partial charge in [0.15, 0.2) is 5.82 Å². The van der Waals surface area contributed by atoms with Gasteiger partial charge in [0.05, 0.1) is 22.5 Å². The van der Waals surface area contributed by atoms with Crippen molar-refractivity contribution in [2.75, 3.05) is 32.5 Å². The highest BCUT2D eigenvalue weighted by Crippen LogP contribution is 2.30. The number of methoxy groups -OCH3 is 1. The smallest absolute Gasteiger partial charge is 0.161 e. The van der Waals surface area contributed by atoms with Crippen LogP contribution in [0.1, 0.15) is 30.5 Å². The fourth-order valence-electron chi connectivity index (χ4n) is 2.88. The summed E-state index contributed by atoms with van der Waals surface area (Å²) in [5, 5.41) is 0. The number of hydrogen-bond donors (Lipinski definition) is 1. The summed E-state index contributed by atoms with van der Waals surface area (Å²) in [5.74, 6) is 1.19. The van der Waals surface area contributed by atoms with Crippen LogP contribution in [-0.4, -0.2) is 47.7 Å². The number of rotatable bonds is 3. The minimum absolute atomic E-state index is 0.0840. The van der Waals surface area contributed by atoms with Crippen molar-refractivity contribution >= 4 is 28.4 Å². The second-order valence-electron chi connectivity index (χ2n) is 5.27. The highest BCUT2D eigenvalue weighted by molar-refractivity contribution is 14.1. The molecule has 110 valence electrons. The third kappa shape index (κ3) is 2.76. The predicted octanol–water partition coefficient (Wildman–Crippen LogP) is 1.35. The lowest BCUT2D eigenvalue weighted by molar-refractivity contribution is -0.0542. The highest BCUT2D eigenvalue weighted by atomic mass is 127. The van der Waals surface area contributed by atoms with Crippen molar-refractivity contribution in [3.05, 3.63) is 15.1 Å². The van der Waals surface area contributed by atoms with E-state index in [2.05, 4.69) is 37.5 Å². The van der Waals surface area contributed by atoms with E-state index in [0.29, 0.717) is 24.3 Å². The zero-order chi connectivity index (χ0) is 14.1. The molecule has 0 aromatic carbocycles. The number of anilines is 1. The molecule has 3 rings (SSSR count). The maximum Gasteiger partial charge on any atom is 0.161 e. The number of ether oxygens (including phenoxy) is 2. The maximum absolute atomic E-state index is 5.98. The molecule has 2 aliphatic heterocycles. The van der Waals surface area contributed by atoms with Gasteiger partial charge in [-0.2, -0.15) is 0 Å². The zero-order valence-electron chi connectivity index (χ0n) is 11.5. The van der Waals surface area contributed by atoms with Gasteiger partial charge in [0.1, 0.15) is 11.9 Å². The Labute approximate surface area is 132 Å². The summed E-state index contributed by atoms with van der Waals surface area (Å²) in [7, 11) is 1.65. The van der Waals surface area contributed by atoms with E-state index in [1.807, 2.05) is 0 Å². The number of nitrogens with zero attached hydrogens (tertiary/aromatic N) is 3. The molecule has 7 heteroatoms. The molecule has 1 aromatic heterocycles. The van der Waals surface area contributed by atoms with E-state index in [9.17, 15) is 0 Å². The monoisotopic (exact) mass is 390 g/mol. The average molecular weight is 390 g/mol. The fourth-order valence-corrected chi connectivity index (χ4v) is 3.28. The minimum atomic E-state index is -0.0840. The first-order valence-corrected chi connectivity index (χ1v) is 7.93. The number of morpholine rings is 1. The van der Waals surface area contributed by atoms with Crippen LogP contribution >= 0.6 is 22.6 Å². The molecule has 2 atom stereocenters. The Morgan fingerprint density at radius 1 is 1.50 bits per heavy atom. The number of hydrogen-bond acceptors (Lipinski definition) is 6. The van der Waals surface area contributed by atoms with Crippen LogP contribution in [0.25, 0.3) is 0 Å². The van der Waals surface area contributed by atoms with Gasteiger partial charge in [0.2, 0.25) is 0 Å². The summed E-state index contributed by atoms with van der Waals surface area (Å²) in [6.07, 6.45) is 2.40. The van der Waals surface area contributed by atoms with Gasteiger partial charge in [-0.3, -0.25) is 4.90 Å². The zero-order valence-corrected chi connectivity index (χ0v) is 13.7. The summed E-state index contributed by atoms with van der Waals surface area (Å²) in [5.41, 5.74) is 6.82. The maximum atomic E-state index is 5.98. The van der Waals surface area contributed by atoms with Crippen LogP contribution in [0.4, 0.5) is 5.82 Å². The first-order chi connectivity index (χ1) is 9.69. The van der Waals surface area contributed by atoms with E-state index in [-0.39, 0.29) is 6.10 Å². The summed E-state index contributed by atoms with van der Waals surface area (Å²) < 4.78 is 12.0. The summed E-state index contributed by atoms with van der Waals surface area (Å²) in [6.45, 7) is 3.21. The Kier molecular flexibility index (Phi) is 4.39. The minimum Gasteiger partial charge on any atom is -0.383 e. The van der Waals surface area contributed by atoms with Crippen molar-refractivity contribution in [2.45, 2.75) is 31.6 Å². The molecule has 2 aliphatic rings. The fraction of sp³-hybridized carbons (Fsp3) is 0.692. The average Bonchev–Trinajstić information content (AvgIpc) is 2.91. The molecule has 2 fully saturated rings. The third-order valence-corrected chi connectivity index (χ3v) is 5.10. The predicted molar refractivity (Wildman–Crippen MR) is 83.2 cm³/mol. The van der Waals surface area contributed by atoms with Crippen LogP contribution < -0.4 is 5.73 Å². The van der Waals surface area contributed by atoms with Gasteiger partial charge in [0.25, 0.3) is 0 Å². The standard InChI is InChI=1S/C13H19IN4O2/c1-19-7-9-11(14)12(15)17-13(16-9)10-5-18-4-2-3-8(18)6-20-10/h8,10H,2-7H2,1H3,(H2,15,16,17). The molecular weight excluding hydrogens is 371 g/mol. The van der Waals surface area contributed by atoms with Gasteiger partial charge in [-0.1, -0.05) is 0 Å². The van der Waals surface area contributed by atoms with E-state index >= 15 is 0 Å². The van der Waals surface area contributed by atoms with Crippen LogP contribution in [-0.2, 0) is 16.1 Å². The van der Waals surface area contributed by atoms with Gasteiger partial charge < -0.3 is 15.2 Å². The number of aromatic nitrogens is 2. The molecule has 6 nitrogen and oxygen atoms in total. The Morgan fingerprint density at radius 2 is 2.35 bits per heavy atom. The van der Waals surface area contributed by atoms with E-state index in [1.54, 1.807) is 7.11 Å². The molecule has 2 saturated heterocycles. The molecule has 0 amide bonds. The van der Waals surface area contributed by atoms with Gasteiger partial charge >= 0.3 is 0 Å².